The van der Waals surface area contributed by atoms with Gasteiger partial charge in [0.25, 0.3) is 5.91 Å². The largest absolute Gasteiger partial charge is 0.511 e. The quantitative estimate of drug-likeness (QED) is 0.0198. The van der Waals surface area contributed by atoms with Crippen LogP contribution in [0.3, 0.4) is 0 Å². The van der Waals surface area contributed by atoms with E-state index < -0.39 is 169 Å². The lowest BCUT2D eigenvalue weighted by atomic mass is 9.44. The van der Waals surface area contributed by atoms with Crippen molar-refractivity contribution in [1.29, 1.82) is 0 Å². The number of hydrogen-bond acceptors (Lipinski definition) is 20. The molecular formula is C73H71NO21. The van der Waals surface area contributed by atoms with Crippen molar-refractivity contribution in [2.24, 2.45) is 16.7 Å². The van der Waals surface area contributed by atoms with Crippen molar-refractivity contribution < 1.29 is 101 Å². The number of hydrogen-bond donors (Lipinski definition) is 3. The maximum absolute atomic E-state index is 16.5. The molecule has 22 nitrogen and oxygen atoms in total. The van der Waals surface area contributed by atoms with Gasteiger partial charge in [0.1, 0.15) is 36.1 Å². The zero-order valence-corrected chi connectivity index (χ0v) is 53.0. The number of Topliss-reactive ketones (excluding diaryl/α,β-unsaturated/α-hetero) is 1. The Kier molecular flexibility index (Phi) is 18.7. The number of amides is 1. The number of aryl methyl sites for hydroxylation is 1. The molecule has 3 aliphatic carbocycles. The van der Waals surface area contributed by atoms with Gasteiger partial charge in [0.15, 0.2) is 17.5 Å². The van der Waals surface area contributed by atoms with E-state index in [2.05, 4.69) is 41.7 Å². The highest BCUT2D eigenvalue weighted by Gasteiger charge is 2.79. The van der Waals surface area contributed by atoms with Gasteiger partial charge in [0.05, 0.1) is 36.3 Å². The number of carboxylic acid groups (broad SMARTS) is 1. The molecule has 1 heterocycles. The first kappa shape index (κ1) is 66.4. The maximum Gasteiger partial charge on any atom is 0.511 e. The number of carbonyl (C=O) groups is 10. The normalized spacial score (nSPS) is 24.8. The van der Waals surface area contributed by atoms with Crippen molar-refractivity contribution in [3.05, 3.63) is 179 Å². The first-order chi connectivity index (χ1) is 45.4. The van der Waals surface area contributed by atoms with Crippen LogP contribution in [0.2, 0.25) is 0 Å². The van der Waals surface area contributed by atoms with Crippen LogP contribution in [0.4, 0.5) is 4.79 Å². The predicted octanol–water partition coefficient (Wildman–Crippen LogP) is 9.73. The molecule has 7 aromatic rings. The molecule has 95 heavy (non-hydrogen) atoms. The molecule has 3 N–H and O–H groups in total. The number of rotatable bonds is 21. The lowest BCUT2D eigenvalue weighted by Crippen LogP contribution is -2.82. The Bertz CT molecular complexity index is 4170. The number of aliphatic carboxylic acids is 1. The number of carbonyl (C=O) groups excluding carboxylic acids is 9. The second kappa shape index (κ2) is 26.7. The van der Waals surface area contributed by atoms with Gasteiger partial charge in [-0.1, -0.05) is 135 Å². The van der Waals surface area contributed by atoms with E-state index in [4.69, 9.17) is 47.7 Å². The fraction of sp³-hybridized carbons (Fsp3) is 0.370. The minimum Gasteiger partial charge on any atom is -0.481 e. The van der Waals surface area contributed by atoms with E-state index in [0.29, 0.717) is 12.0 Å². The van der Waals surface area contributed by atoms with Crippen molar-refractivity contribution >= 4 is 91.9 Å². The van der Waals surface area contributed by atoms with Crippen LogP contribution in [0.25, 0.3) is 32.3 Å². The van der Waals surface area contributed by atoms with E-state index in [1.165, 1.54) is 39.8 Å². The van der Waals surface area contributed by atoms with Gasteiger partial charge >= 0.3 is 47.9 Å². The number of ketones is 1. The number of ether oxygens (including phenoxy) is 9. The molecule has 3 fully saturated rings. The summed E-state index contributed by atoms with van der Waals surface area (Å²) in [5, 5.41) is 32.8. The lowest BCUT2D eigenvalue weighted by molar-refractivity contribution is -0.346. The number of benzene rings is 7. The van der Waals surface area contributed by atoms with Crippen LogP contribution in [0.5, 0.6) is 0 Å². The minimum atomic E-state index is -2.65. The molecule has 7 aromatic carbocycles. The summed E-state index contributed by atoms with van der Waals surface area (Å²) in [5.41, 5.74) is -7.68. The van der Waals surface area contributed by atoms with Crippen LogP contribution in [-0.4, -0.2) is 131 Å². The van der Waals surface area contributed by atoms with Crippen molar-refractivity contribution in [3.8, 4) is 0 Å². The summed E-state index contributed by atoms with van der Waals surface area (Å²) >= 11 is 0. The number of esters is 6. The molecule has 11 rings (SSSR count). The monoisotopic (exact) mass is 1300 g/mol. The Morgan fingerprint density at radius 1 is 0.674 bits per heavy atom. The molecule has 2 bridgehead atoms. The summed E-state index contributed by atoms with van der Waals surface area (Å²) in [6.45, 7) is 6.29. The van der Waals surface area contributed by atoms with Crippen LogP contribution in [0, 0.1) is 16.7 Å². The average molecular weight is 1300 g/mol. The third-order valence-corrected chi connectivity index (χ3v) is 19.3. The van der Waals surface area contributed by atoms with Gasteiger partial charge in [-0.2, -0.15) is 0 Å². The zero-order valence-electron chi connectivity index (χ0n) is 53.0. The smallest absolute Gasteiger partial charge is 0.481 e. The number of aliphatic hydroxyl groups is 1. The summed E-state index contributed by atoms with van der Waals surface area (Å²) in [7, 11) is 0. The molecule has 1 saturated heterocycles. The van der Waals surface area contributed by atoms with Gasteiger partial charge in [0.2, 0.25) is 12.9 Å². The van der Waals surface area contributed by atoms with Crippen molar-refractivity contribution in [1.82, 2.24) is 5.32 Å². The third-order valence-electron chi connectivity index (χ3n) is 19.3. The first-order valence-electron chi connectivity index (χ1n) is 31.3. The van der Waals surface area contributed by atoms with E-state index in [1.54, 1.807) is 78.9 Å². The van der Waals surface area contributed by atoms with Crippen molar-refractivity contribution in [2.75, 3.05) is 13.4 Å². The first-order valence-corrected chi connectivity index (χ1v) is 31.3. The average Bonchev–Trinajstić information content (AvgIpc) is 0.668. The fourth-order valence-electron chi connectivity index (χ4n) is 14.6. The van der Waals surface area contributed by atoms with Crippen LogP contribution in [0.1, 0.15) is 118 Å². The van der Waals surface area contributed by atoms with Crippen LogP contribution >= 0.6 is 0 Å². The Morgan fingerprint density at radius 2 is 1.31 bits per heavy atom. The highest BCUT2D eigenvalue weighted by atomic mass is 16.8. The van der Waals surface area contributed by atoms with Crippen molar-refractivity contribution in [3.63, 3.8) is 0 Å². The molecular weight excluding hydrogens is 1230 g/mol. The summed E-state index contributed by atoms with van der Waals surface area (Å²) in [6, 6.07) is 40.9. The van der Waals surface area contributed by atoms with E-state index in [-0.39, 0.29) is 35.1 Å². The Balaban J connectivity index is 1.00. The van der Waals surface area contributed by atoms with Crippen LogP contribution < -0.4 is 5.32 Å². The minimum absolute atomic E-state index is 0.0303. The van der Waals surface area contributed by atoms with Crippen LogP contribution in [-0.2, 0) is 82.6 Å². The Morgan fingerprint density at radius 3 is 1.94 bits per heavy atom. The molecule has 1 aliphatic heterocycles. The number of carboxylic acids is 1. The van der Waals surface area contributed by atoms with E-state index >= 15 is 9.59 Å². The molecule has 0 spiro atoms. The fourth-order valence-corrected chi connectivity index (χ4v) is 14.6. The molecule has 2 saturated carbocycles. The van der Waals surface area contributed by atoms with E-state index in [1.807, 2.05) is 18.2 Å². The summed E-state index contributed by atoms with van der Waals surface area (Å²) < 4.78 is 53.9. The second-order valence-electron chi connectivity index (χ2n) is 25.3. The number of nitrogens with one attached hydrogen (secondary N) is 1. The van der Waals surface area contributed by atoms with E-state index in [9.17, 15) is 43.5 Å². The SMILES string of the molecule is CC(=O)O[C@H]1C(=O)[C@]2(C)[C@@H](OC(=O)OCOC(=O)CCC(=O)O)C[C@H]3OC[C@@]3(OC(C)=O)[C@H]2[C@H](OC(=O)c2ccccc2)[C@]2(O)C[C@H](OC(=O)[C@H](OC(=O)CCCc3ccc4ccc5cccc6ccc3c4c56)[C@@H](NC(=O)c3ccccc3)c3ccccc3)C(C)=C1C2(C)C. The molecule has 4 aliphatic rings. The van der Waals surface area contributed by atoms with Crippen LogP contribution in [0.15, 0.2) is 157 Å². The lowest BCUT2D eigenvalue weighted by Gasteiger charge is -2.67. The van der Waals surface area contributed by atoms with Crippen molar-refractivity contribution in [2.45, 2.75) is 140 Å². The third kappa shape index (κ3) is 12.7. The highest BCUT2D eigenvalue weighted by Crippen LogP contribution is 2.65. The topological polar surface area (TPSA) is 306 Å². The standard InChI is InChI=1S/C73H71NO21/c1-40-51(91-68(84)62(60(47-18-10-7-11-19-47)74-66(82)48-20-12-8-13-21-48)93-56(80)27-17-24-43-28-29-46-31-30-44-25-16-26-45-32-33-50(43)58(46)57(44)45)37-73(86)65(94-67(83)49-22-14-9-15-23-49)63-71(6,64(81)61(90-41(2)75)59(40)70(73,4)5)52(36-53-72(63,38-87-53)95-42(3)76)92-69(85)89-39-88-55(79)35-34-54(77)78/h7-16,18-23,25-26,28-33,51-53,60-63,65,86H,17,24,27,34-39H2,1-6H3,(H,74,82)(H,77,78)/t51-,52-,53+,60-,61+,62+,63-,65-,71+,72-,73+/m0/s1. The number of fused-ring (bicyclic) bond motifs is 5. The predicted molar refractivity (Wildman–Crippen MR) is 338 cm³/mol. The molecule has 0 unspecified atom stereocenters. The summed E-state index contributed by atoms with van der Waals surface area (Å²) in [5.74, 6) is -11.0. The maximum atomic E-state index is 16.5. The molecule has 11 atom stereocenters. The van der Waals surface area contributed by atoms with Gasteiger partial charge in [-0.15, -0.1) is 0 Å². The summed E-state index contributed by atoms with van der Waals surface area (Å²) in [4.78, 5) is 141. The molecule has 0 aromatic heterocycles. The molecule has 22 heteroatoms. The van der Waals surface area contributed by atoms with Gasteiger partial charge in [-0.25, -0.2) is 14.4 Å². The molecule has 0 radical (unpaired) electrons. The van der Waals surface area contributed by atoms with Gasteiger partial charge < -0.3 is 58.2 Å². The molecule has 1 amide bonds. The van der Waals surface area contributed by atoms with E-state index in [0.717, 1.165) is 51.7 Å². The zero-order chi connectivity index (χ0) is 67.7. The summed E-state index contributed by atoms with van der Waals surface area (Å²) in [6.07, 6.45) is -14.4. The van der Waals surface area contributed by atoms with Gasteiger partial charge in [-0.05, 0) is 106 Å². The highest BCUT2D eigenvalue weighted by molar-refractivity contribution is 6.23. The van der Waals surface area contributed by atoms with Gasteiger partial charge in [0, 0.05) is 44.1 Å². The molecule has 494 valence electrons. The van der Waals surface area contributed by atoms with Gasteiger partial charge in [-0.3, -0.25) is 33.6 Å². The second-order valence-corrected chi connectivity index (χ2v) is 25.3. The Hall–Kier alpha value is -10.1. The Labute approximate surface area is 545 Å².